The SMILES string of the molecule is CCOC(=O)Cc1ccc(C)cc1OCc1coc2c(OC)cc(-c3cccc(CN)c3)cc12. The molecule has 0 atom stereocenters. The van der Waals surface area contributed by atoms with Crippen molar-refractivity contribution < 1.29 is 23.4 Å². The summed E-state index contributed by atoms with van der Waals surface area (Å²) in [5.41, 5.74) is 12.3. The van der Waals surface area contributed by atoms with Crippen LogP contribution >= 0.6 is 0 Å². The van der Waals surface area contributed by atoms with E-state index in [2.05, 4.69) is 12.1 Å². The van der Waals surface area contributed by atoms with Crippen molar-refractivity contribution >= 4 is 16.9 Å². The van der Waals surface area contributed by atoms with E-state index in [1.54, 1.807) is 20.3 Å². The van der Waals surface area contributed by atoms with Gasteiger partial charge in [-0.2, -0.15) is 0 Å². The lowest BCUT2D eigenvalue weighted by Crippen LogP contribution is -2.09. The molecule has 6 heteroatoms. The molecule has 0 fully saturated rings. The zero-order valence-corrected chi connectivity index (χ0v) is 19.7. The average molecular weight is 460 g/mol. The van der Waals surface area contributed by atoms with Gasteiger partial charge in [-0.3, -0.25) is 4.79 Å². The van der Waals surface area contributed by atoms with Gasteiger partial charge in [0, 0.05) is 23.1 Å². The Morgan fingerprint density at radius 2 is 1.85 bits per heavy atom. The van der Waals surface area contributed by atoms with Gasteiger partial charge in [-0.15, -0.1) is 0 Å². The molecule has 0 aliphatic rings. The second-order valence-corrected chi connectivity index (χ2v) is 8.10. The predicted octanol–water partition coefficient (Wildman–Crippen LogP) is 5.56. The minimum absolute atomic E-state index is 0.158. The molecule has 4 rings (SSSR count). The Balaban J connectivity index is 1.66. The van der Waals surface area contributed by atoms with E-state index in [-0.39, 0.29) is 19.0 Å². The number of aryl methyl sites for hydroxylation is 1. The van der Waals surface area contributed by atoms with Crippen molar-refractivity contribution in [2.45, 2.75) is 33.4 Å². The standard InChI is InChI=1S/C28H29NO5/c1-4-32-27(30)14-21-9-8-18(2)10-25(21)33-16-23-17-34-28-24(23)12-22(13-26(28)31-3)20-7-5-6-19(11-20)15-29/h5-13,17H,4,14-16,29H2,1-3H3. The Morgan fingerprint density at radius 1 is 1.00 bits per heavy atom. The van der Waals surface area contributed by atoms with Crippen molar-refractivity contribution in [2.75, 3.05) is 13.7 Å². The van der Waals surface area contributed by atoms with Gasteiger partial charge in [0.1, 0.15) is 12.4 Å². The molecule has 6 nitrogen and oxygen atoms in total. The number of hydrogen-bond acceptors (Lipinski definition) is 6. The first kappa shape index (κ1) is 23.4. The summed E-state index contributed by atoms with van der Waals surface area (Å²) >= 11 is 0. The van der Waals surface area contributed by atoms with Gasteiger partial charge >= 0.3 is 5.97 Å². The first-order valence-electron chi connectivity index (χ1n) is 11.3. The Bertz CT molecular complexity index is 1310. The van der Waals surface area contributed by atoms with Crippen molar-refractivity contribution in [2.24, 2.45) is 5.73 Å². The van der Waals surface area contributed by atoms with E-state index >= 15 is 0 Å². The summed E-state index contributed by atoms with van der Waals surface area (Å²) in [6, 6.07) is 18.0. The Hall–Kier alpha value is -3.77. The molecule has 0 amide bonds. The summed E-state index contributed by atoms with van der Waals surface area (Å²) in [4.78, 5) is 12.0. The molecule has 3 aromatic carbocycles. The number of benzene rings is 3. The van der Waals surface area contributed by atoms with E-state index in [9.17, 15) is 4.79 Å². The predicted molar refractivity (Wildman–Crippen MR) is 132 cm³/mol. The lowest BCUT2D eigenvalue weighted by Gasteiger charge is -2.12. The Morgan fingerprint density at radius 3 is 2.62 bits per heavy atom. The van der Waals surface area contributed by atoms with Gasteiger partial charge in [0.25, 0.3) is 0 Å². The lowest BCUT2D eigenvalue weighted by molar-refractivity contribution is -0.142. The lowest BCUT2D eigenvalue weighted by atomic mass is 10.00. The average Bonchev–Trinajstić information content (AvgIpc) is 3.26. The van der Waals surface area contributed by atoms with Crippen LogP contribution in [0.4, 0.5) is 0 Å². The van der Waals surface area contributed by atoms with Crippen molar-refractivity contribution in [1.82, 2.24) is 0 Å². The molecule has 0 saturated heterocycles. The van der Waals surface area contributed by atoms with E-state index in [0.29, 0.717) is 30.2 Å². The summed E-state index contributed by atoms with van der Waals surface area (Å²) < 4.78 is 22.7. The van der Waals surface area contributed by atoms with E-state index in [0.717, 1.165) is 38.8 Å². The molecule has 4 aromatic rings. The van der Waals surface area contributed by atoms with E-state index in [1.165, 1.54) is 0 Å². The summed E-state index contributed by atoms with van der Waals surface area (Å²) in [6.45, 7) is 4.88. The van der Waals surface area contributed by atoms with Crippen molar-refractivity contribution in [3.05, 3.63) is 83.1 Å². The molecule has 0 radical (unpaired) electrons. The highest BCUT2D eigenvalue weighted by Crippen LogP contribution is 2.36. The maximum atomic E-state index is 12.0. The largest absolute Gasteiger partial charge is 0.493 e. The first-order chi connectivity index (χ1) is 16.5. The topological polar surface area (TPSA) is 83.9 Å². The molecule has 176 valence electrons. The minimum atomic E-state index is -0.279. The van der Waals surface area contributed by atoms with Crippen LogP contribution in [0.25, 0.3) is 22.1 Å². The van der Waals surface area contributed by atoms with Gasteiger partial charge in [-0.1, -0.05) is 30.3 Å². The number of rotatable bonds is 9. The van der Waals surface area contributed by atoms with Crippen LogP contribution < -0.4 is 15.2 Å². The van der Waals surface area contributed by atoms with Crippen LogP contribution in [-0.2, 0) is 29.1 Å². The molecule has 0 spiro atoms. The van der Waals surface area contributed by atoms with Gasteiger partial charge in [0.05, 0.1) is 26.4 Å². The van der Waals surface area contributed by atoms with E-state index in [1.807, 2.05) is 49.4 Å². The monoisotopic (exact) mass is 459 g/mol. The fraction of sp³-hybridized carbons (Fsp3) is 0.250. The fourth-order valence-electron chi connectivity index (χ4n) is 3.93. The first-order valence-corrected chi connectivity index (χ1v) is 11.3. The maximum Gasteiger partial charge on any atom is 0.310 e. The zero-order valence-electron chi connectivity index (χ0n) is 19.7. The van der Waals surface area contributed by atoms with Crippen LogP contribution in [0.1, 0.15) is 29.2 Å². The van der Waals surface area contributed by atoms with Crippen LogP contribution in [0.5, 0.6) is 11.5 Å². The molecule has 0 saturated carbocycles. The van der Waals surface area contributed by atoms with Crippen molar-refractivity contribution in [3.8, 4) is 22.6 Å². The molecule has 0 bridgehead atoms. The number of hydrogen-bond donors (Lipinski definition) is 1. The smallest absolute Gasteiger partial charge is 0.310 e. The molecule has 2 N–H and O–H groups in total. The summed E-state index contributed by atoms with van der Waals surface area (Å²) in [6.07, 6.45) is 1.85. The Kier molecular flexibility index (Phi) is 7.18. The molecule has 0 aliphatic heterocycles. The molecular weight excluding hydrogens is 430 g/mol. The molecule has 34 heavy (non-hydrogen) atoms. The molecule has 1 aromatic heterocycles. The third-order valence-electron chi connectivity index (χ3n) is 5.68. The van der Waals surface area contributed by atoms with Crippen molar-refractivity contribution in [3.63, 3.8) is 0 Å². The second kappa shape index (κ2) is 10.4. The highest BCUT2D eigenvalue weighted by molar-refractivity contribution is 5.91. The van der Waals surface area contributed by atoms with Gasteiger partial charge in [0.2, 0.25) is 0 Å². The number of fused-ring (bicyclic) bond motifs is 1. The highest BCUT2D eigenvalue weighted by atomic mass is 16.5. The van der Waals surface area contributed by atoms with Gasteiger partial charge in [-0.25, -0.2) is 0 Å². The van der Waals surface area contributed by atoms with Crippen LogP contribution in [0.3, 0.4) is 0 Å². The van der Waals surface area contributed by atoms with Crippen molar-refractivity contribution in [1.29, 1.82) is 0 Å². The number of carbonyl (C=O) groups excluding carboxylic acids is 1. The zero-order chi connectivity index (χ0) is 24.1. The highest BCUT2D eigenvalue weighted by Gasteiger charge is 2.16. The van der Waals surface area contributed by atoms with E-state index < -0.39 is 0 Å². The normalized spacial score (nSPS) is 10.9. The van der Waals surface area contributed by atoms with Crippen LogP contribution in [0.15, 0.2) is 65.3 Å². The van der Waals surface area contributed by atoms with Gasteiger partial charge in [-0.05, 0) is 60.4 Å². The Labute approximate surface area is 199 Å². The fourth-order valence-corrected chi connectivity index (χ4v) is 3.93. The summed E-state index contributed by atoms with van der Waals surface area (Å²) in [5.74, 6) is 1.02. The minimum Gasteiger partial charge on any atom is -0.493 e. The summed E-state index contributed by atoms with van der Waals surface area (Å²) in [5, 5.41) is 0.909. The number of nitrogens with two attached hydrogens (primary N) is 1. The quantitative estimate of drug-likeness (QED) is 0.330. The molecular formula is C28H29NO5. The number of furan rings is 1. The number of carbonyl (C=O) groups is 1. The van der Waals surface area contributed by atoms with Gasteiger partial charge < -0.3 is 24.4 Å². The molecule has 0 unspecified atom stereocenters. The van der Waals surface area contributed by atoms with Gasteiger partial charge in [0.15, 0.2) is 11.3 Å². The molecule has 1 heterocycles. The van der Waals surface area contributed by atoms with E-state index in [4.69, 9.17) is 24.4 Å². The maximum absolute atomic E-state index is 12.0. The van der Waals surface area contributed by atoms with Crippen LogP contribution in [0.2, 0.25) is 0 Å². The second-order valence-electron chi connectivity index (χ2n) is 8.10. The number of esters is 1. The third-order valence-corrected chi connectivity index (χ3v) is 5.68. The number of methoxy groups -OCH3 is 1. The number of ether oxygens (including phenoxy) is 3. The third kappa shape index (κ3) is 5.07. The summed E-state index contributed by atoms with van der Waals surface area (Å²) in [7, 11) is 1.63. The van der Waals surface area contributed by atoms with Crippen LogP contribution in [0, 0.1) is 6.92 Å². The molecule has 0 aliphatic carbocycles. The van der Waals surface area contributed by atoms with Crippen LogP contribution in [-0.4, -0.2) is 19.7 Å².